The summed E-state index contributed by atoms with van der Waals surface area (Å²) in [5.41, 5.74) is 19.0. The van der Waals surface area contributed by atoms with Crippen LogP contribution in [0.3, 0.4) is 0 Å². The molecule has 0 amide bonds. The Morgan fingerprint density at radius 3 is 1.63 bits per heavy atom. The van der Waals surface area contributed by atoms with Gasteiger partial charge in [-0.05, 0) is 120 Å². The molecule has 11 aromatic carbocycles. The van der Waals surface area contributed by atoms with Crippen LogP contribution in [0.2, 0.25) is 0 Å². The fourth-order valence-corrected chi connectivity index (χ4v) is 10.5. The number of anilines is 3. The number of para-hydroxylation sites is 1. The SMILES string of the molecule is CC1(c2ccccc2)c2ccccc2-c2c(N(c3cccc(-c4ccc(-c5ccc6ccccc6c5)cc4)c3)c3ccccc3-c3ccc(-c4cccc5ccccc45)cc3)cccc21. The zero-order valence-electron chi connectivity index (χ0n) is 36.2. The maximum absolute atomic E-state index is 2.51. The molecule has 0 aliphatic heterocycles. The highest BCUT2D eigenvalue weighted by atomic mass is 15.1. The van der Waals surface area contributed by atoms with Crippen molar-refractivity contribution in [1.82, 2.24) is 0 Å². The smallest absolute Gasteiger partial charge is 0.0543 e. The lowest BCUT2D eigenvalue weighted by molar-refractivity contribution is 0.714. The fraction of sp³-hybridized carbons (Fsp3) is 0.0312. The molecule has 1 aliphatic rings. The molecular formula is C64H45N. The minimum Gasteiger partial charge on any atom is -0.309 e. The minimum atomic E-state index is -0.333. The van der Waals surface area contributed by atoms with Crippen LogP contribution in [0.1, 0.15) is 23.6 Å². The van der Waals surface area contributed by atoms with Gasteiger partial charge in [-0.1, -0.05) is 224 Å². The Bertz CT molecular complexity index is 3540. The molecule has 0 N–H and O–H groups in total. The van der Waals surface area contributed by atoms with Crippen molar-refractivity contribution in [1.29, 1.82) is 0 Å². The molecule has 0 saturated carbocycles. The van der Waals surface area contributed by atoms with Gasteiger partial charge in [0.2, 0.25) is 0 Å². The first kappa shape index (κ1) is 38.4. The van der Waals surface area contributed by atoms with Crippen LogP contribution >= 0.6 is 0 Å². The van der Waals surface area contributed by atoms with Crippen molar-refractivity contribution in [2.24, 2.45) is 0 Å². The van der Waals surface area contributed by atoms with Gasteiger partial charge in [-0.3, -0.25) is 0 Å². The first-order chi connectivity index (χ1) is 32.1. The molecule has 12 rings (SSSR count). The lowest BCUT2D eigenvalue weighted by Gasteiger charge is -2.32. The summed E-state index contributed by atoms with van der Waals surface area (Å²) in [6.45, 7) is 2.40. The van der Waals surface area contributed by atoms with E-state index >= 15 is 0 Å². The predicted molar refractivity (Wildman–Crippen MR) is 275 cm³/mol. The average Bonchev–Trinajstić information content (AvgIpc) is 3.65. The third-order valence-corrected chi connectivity index (χ3v) is 13.8. The number of rotatable bonds is 8. The van der Waals surface area contributed by atoms with Crippen molar-refractivity contribution in [3.63, 3.8) is 0 Å². The first-order valence-electron chi connectivity index (χ1n) is 22.6. The standard InChI is InChI=1S/C64H45N/c1-64(53-21-3-2-4-22-53)59-28-11-9-26-58(59)63-60(64)29-15-31-62(63)65(54-23-13-20-51(43-54)45-32-34-46(35-33-45)52-41-36-44-16-5-6-18-50(44)42-52)61-30-12-10-25-57(61)49-39-37-48(38-40-49)56-27-14-19-47-17-7-8-24-55(47)56/h2-43H,1H3. The molecule has 1 nitrogen and oxygen atoms in total. The molecule has 1 atom stereocenters. The Hall–Kier alpha value is -8.26. The van der Waals surface area contributed by atoms with E-state index in [1.165, 1.54) is 77.2 Å². The van der Waals surface area contributed by atoms with Gasteiger partial charge in [0, 0.05) is 22.2 Å². The Kier molecular flexibility index (Phi) is 9.35. The van der Waals surface area contributed by atoms with Crippen LogP contribution in [0, 0.1) is 0 Å². The van der Waals surface area contributed by atoms with Gasteiger partial charge in [-0.15, -0.1) is 0 Å². The van der Waals surface area contributed by atoms with Crippen molar-refractivity contribution in [3.8, 4) is 55.6 Å². The summed E-state index contributed by atoms with van der Waals surface area (Å²) in [5.74, 6) is 0. The van der Waals surface area contributed by atoms with E-state index in [1.807, 2.05) is 0 Å². The number of hydrogen-bond acceptors (Lipinski definition) is 1. The second kappa shape index (κ2) is 15.8. The summed E-state index contributed by atoms with van der Waals surface area (Å²) in [4.78, 5) is 2.51. The molecule has 1 heteroatoms. The Morgan fingerprint density at radius 2 is 0.831 bits per heavy atom. The van der Waals surface area contributed by atoms with Crippen LogP contribution in [-0.4, -0.2) is 0 Å². The van der Waals surface area contributed by atoms with Crippen LogP contribution in [0.5, 0.6) is 0 Å². The van der Waals surface area contributed by atoms with Gasteiger partial charge in [0.15, 0.2) is 0 Å². The number of hydrogen-bond donors (Lipinski definition) is 0. The molecule has 306 valence electrons. The summed E-state index contributed by atoms with van der Waals surface area (Å²) in [6, 6.07) is 93.6. The van der Waals surface area contributed by atoms with Crippen molar-refractivity contribution >= 4 is 38.6 Å². The summed E-state index contributed by atoms with van der Waals surface area (Å²) in [6.07, 6.45) is 0. The van der Waals surface area contributed by atoms with E-state index in [-0.39, 0.29) is 5.41 Å². The third-order valence-electron chi connectivity index (χ3n) is 13.8. The summed E-state index contributed by atoms with van der Waals surface area (Å²) < 4.78 is 0. The lowest BCUT2D eigenvalue weighted by atomic mass is 9.74. The van der Waals surface area contributed by atoms with E-state index in [0.717, 1.165) is 33.8 Å². The Balaban J connectivity index is 1.02. The number of fused-ring (bicyclic) bond motifs is 5. The molecule has 0 saturated heterocycles. The molecule has 0 fully saturated rings. The van der Waals surface area contributed by atoms with Gasteiger partial charge < -0.3 is 4.90 Å². The fourth-order valence-electron chi connectivity index (χ4n) is 10.5. The van der Waals surface area contributed by atoms with Crippen LogP contribution in [0.4, 0.5) is 17.1 Å². The van der Waals surface area contributed by atoms with E-state index in [9.17, 15) is 0 Å². The van der Waals surface area contributed by atoms with Gasteiger partial charge in [0.05, 0.1) is 11.4 Å². The maximum Gasteiger partial charge on any atom is 0.0543 e. The molecule has 1 aliphatic carbocycles. The lowest BCUT2D eigenvalue weighted by Crippen LogP contribution is -2.22. The van der Waals surface area contributed by atoms with E-state index in [0.29, 0.717) is 0 Å². The zero-order chi connectivity index (χ0) is 43.3. The van der Waals surface area contributed by atoms with E-state index in [1.54, 1.807) is 0 Å². The van der Waals surface area contributed by atoms with Crippen molar-refractivity contribution in [2.75, 3.05) is 4.90 Å². The predicted octanol–water partition coefficient (Wildman–Crippen LogP) is 17.5. The minimum absolute atomic E-state index is 0.333. The van der Waals surface area contributed by atoms with Gasteiger partial charge in [0.1, 0.15) is 0 Å². The van der Waals surface area contributed by atoms with Gasteiger partial charge in [0.25, 0.3) is 0 Å². The van der Waals surface area contributed by atoms with Crippen LogP contribution in [0.25, 0.3) is 77.2 Å². The molecule has 65 heavy (non-hydrogen) atoms. The first-order valence-corrected chi connectivity index (χ1v) is 22.6. The van der Waals surface area contributed by atoms with Crippen molar-refractivity contribution in [3.05, 3.63) is 271 Å². The highest BCUT2D eigenvalue weighted by Crippen LogP contribution is 2.57. The van der Waals surface area contributed by atoms with E-state index in [2.05, 4.69) is 267 Å². The number of benzene rings is 11. The molecule has 0 aromatic heterocycles. The average molecular weight is 828 g/mol. The molecule has 11 aromatic rings. The molecule has 0 spiro atoms. The highest BCUT2D eigenvalue weighted by molar-refractivity contribution is 6.00. The normalized spacial score (nSPS) is 14.0. The molecule has 0 heterocycles. The molecule has 0 radical (unpaired) electrons. The number of nitrogens with zero attached hydrogens (tertiary/aromatic N) is 1. The quantitative estimate of drug-likeness (QED) is 0.147. The van der Waals surface area contributed by atoms with Crippen LogP contribution < -0.4 is 4.90 Å². The van der Waals surface area contributed by atoms with Crippen LogP contribution in [0.15, 0.2) is 255 Å². The van der Waals surface area contributed by atoms with Crippen LogP contribution in [-0.2, 0) is 5.41 Å². The Morgan fingerprint density at radius 1 is 0.308 bits per heavy atom. The highest BCUT2D eigenvalue weighted by Gasteiger charge is 2.42. The van der Waals surface area contributed by atoms with Crippen molar-refractivity contribution in [2.45, 2.75) is 12.3 Å². The summed E-state index contributed by atoms with van der Waals surface area (Å²) in [5, 5.41) is 5.02. The molecular weight excluding hydrogens is 783 g/mol. The summed E-state index contributed by atoms with van der Waals surface area (Å²) in [7, 11) is 0. The second-order valence-corrected chi connectivity index (χ2v) is 17.4. The molecule has 0 bridgehead atoms. The van der Waals surface area contributed by atoms with Gasteiger partial charge >= 0.3 is 0 Å². The summed E-state index contributed by atoms with van der Waals surface area (Å²) >= 11 is 0. The van der Waals surface area contributed by atoms with E-state index in [4.69, 9.17) is 0 Å². The van der Waals surface area contributed by atoms with Gasteiger partial charge in [-0.25, -0.2) is 0 Å². The van der Waals surface area contributed by atoms with E-state index < -0.39 is 0 Å². The van der Waals surface area contributed by atoms with Crippen molar-refractivity contribution < 1.29 is 0 Å². The maximum atomic E-state index is 2.51. The Labute approximate surface area is 381 Å². The second-order valence-electron chi connectivity index (χ2n) is 17.4. The largest absolute Gasteiger partial charge is 0.309 e. The zero-order valence-corrected chi connectivity index (χ0v) is 36.2. The monoisotopic (exact) mass is 827 g/mol. The molecule has 1 unspecified atom stereocenters. The van der Waals surface area contributed by atoms with Gasteiger partial charge in [-0.2, -0.15) is 0 Å². The third kappa shape index (κ3) is 6.55. The topological polar surface area (TPSA) is 3.24 Å².